The van der Waals surface area contributed by atoms with Crippen LogP contribution in [0.3, 0.4) is 0 Å². The molecule has 0 aliphatic heterocycles. The molecule has 0 bridgehead atoms. The van der Waals surface area contributed by atoms with E-state index in [0.717, 1.165) is 17.1 Å². The number of fused-ring (bicyclic) bond motifs is 7. The summed E-state index contributed by atoms with van der Waals surface area (Å²) in [6, 6.07) is 73.5. The highest BCUT2D eigenvalue weighted by Gasteiger charge is 2.17. The van der Waals surface area contributed by atoms with E-state index in [9.17, 15) is 0 Å². The first-order valence-corrected chi connectivity index (χ1v) is 20.3. The molecule has 0 radical (unpaired) electrons. The van der Waals surface area contributed by atoms with E-state index in [1.807, 2.05) is 22.7 Å². The molecule has 1 nitrogen and oxygen atoms in total. The van der Waals surface area contributed by atoms with Gasteiger partial charge in [0.25, 0.3) is 0 Å². The van der Waals surface area contributed by atoms with Crippen LogP contribution in [0.4, 0.5) is 17.1 Å². The Morgan fingerprint density at radius 2 is 0.836 bits per heavy atom. The molecule has 2 heterocycles. The first-order valence-electron chi connectivity index (χ1n) is 18.7. The summed E-state index contributed by atoms with van der Waals surface area (Å²) in [5, 5.41) is 7.79. The van der Waals surface area contributed by atoms with Crippen LogP contribution in [0.5, 0.6) is 0 Å². The van der Waals surface area contributed by atoms with Crippen molar-refractivity contribution in [2.75, 3.05) is 4.90 Å². The zero-order chi connectivity index (χ0) is 36.3. The lowest BCUT2D eigenvalue weighted by Gasteiger charge is -2.27. The highest BCUT2D eigenvalue weighted by Crippen LogP contribution is 2.43. The van der Waals surface area contributed by atoms with E-state index in [2.05, 4.69) is 205 Å². The Morgan fingerprint density at radius 1 is 0.291 bits per heavy atom. The lowest BCUT2D eigenvalue weighted by atomic mass is 9.98. The largest absolute Gasteiger partial charge is 0.310 e. The fourth-order valence-electron chi connectivity index (χ4n) is 8.18. The summed E-state index contributed by atoms with van der Waals surface area (Å²) < 4.78 is 5.28. The van der Waals surface area contributed by atoms with Crippen LogP contribution in [0.15, 0.2) is 200 Å². The van der Waals surface area contributed by atoms with Gasteiger partial charge in [0, 0.05) is 57.4 Å². The number of thiophene rings is 2. The minimum atomic E-state index is 1.11. The van der Waals surface area contributed by atoms with Gasteiger partial charge in [0.2, 0.25) is 0 Å². The minimum Gasteiger partial charge on any atom is -0.310 e. The Bertz CT molecular complexity index is 3220. The Hall–Kier alpha value is -6.52. The monoisotopic (exact) mass is 735 g/mol. The molecule has 3 heteroatoms. The van der Waals surface area contributed by atoms with Crippen LogP contribution < -0.4 is 4.90 Å². The van der Waals surface area contributed by atoms with Crippen LogP contribution in [0.25, 0.3) is 84.5 Å². The number of nitrogens with zero attached hydrogens (tertiary/aromatic N) is 1. The van der Waals surface area contributed by atoms with E-state index in [4.69, 9.17) is 0 Å². The predicted octanol–water partition coefficient (Wildman–Crippen LogP) is 16.0. The van der Waals surface area contributed by atoms with Crippen molar-refractivity contribution in [2.45, 2.75) is 0 Å². The van der Waals surface area contributed by atoms with Crippen LogP contribution >= 0.6 is 22.7 Å². The van der Waals surface area contributed by atoms with Crippen LogP contribution in [0.1, 0.15) is 0 Å². The molecule has 11 rings (SSSR count). The Labute approximate surface area is 327 Å². The van der Waals surface area contributed by atoms with Crippen molar-refractivity contribution in [3.8, 4) is 33.4 Å². The first-order chi connectivity index (χ1) is 27.2. The molecule has 0 saturated carbocycles. The normalized spacial score (nSPS) is 11.6. The smallest absolute Gasteiger partial charge is 0.0467 e. The standard InChI is InChI=1S/C52H33NS2/c1-2-11-36-30-39(23-22-34(36)10-1)37-12-7-14-42(31-37)53(41-27-24-35(25-28-41)44-18-9-21-50-52(44)47-17-4-6-20-49(47)54-50)43-15-8-13-38(32-43)40-26-29-46-45-16-3-5-19-48(45)55-51(46)33-40/h1-33H. The quantitative estimate of drug-likeness (QED) is 0.164. The summed E-state index contributed by atoms with van der Waals surface area (Å²) in [6.45, 7) is 0. The Balaban J connectivity index is 1.04. The third-order valence-electron chi connectivity index (χ3n) is 10.8. The van der Waals surface area contributed by atoms with E-state index in [-0.39, 0.29) is 0 Å². The predicted molar refractivity (Wildman–Crippen MR) is 241 cm³/mol. The molecular weight excluding hydrogens is 703 g/mol. The fourth-order valence-corrected chi connectivity index (χ4v) is 10.5. The molecule has 0 aliphatic carbocycles. The second-order valence-electron chi connectivity index (χ2n) is 14.1. The molecule has 0 unspecified atom stereocenters. The molecule has 0 spiro atoms. The van der Waals surface area contributed by atoms with Gasteiger partial charge in [-0.2, -0.15) is 0 Å². The summed E-state index contributed by atoms with van der Waals surface area (Å²) >= 11 is 3.73. The maximum Gasteiger partial charge on any atom is 0.0467 e. The van der Waals surface area contributed by atoms with Gasteiger partial charge in [0.15, 0.2) is 0 Å². The molecule has 11 aromatic rings. The second kappa shape index (κ2) is 13.1. The topological polar surface area (TPSA) is 3.24 Å². The van der Waals surface area contributed by atoms with E-state index in [0.29, 0.717) is 0 Å². The first kappa shape index (κ1) is 32.0. The van der Waals surface area contributed by atoms with Crippen molar-refractivity contribution in [1.29, 1.82) is 0 Å². The van der Waals surface area contributed by atoms with Gasteiger partial charge < -0.3 is 4.90 Å². The van der Waals surface area contributed by atoms with Crippen molar-refractivity contribution in [2.24, 2.45) is 0 Å². The summed E-state index contributed by atoms with van der Waals surface area (Å²) in [5.74, 6) is 0. The van der Waals surface area contributed by atoms with Crippen LogP contribution in [-0.2, 0) is 0 Å². The van der Waals surface area contributed by atoms with Gasteiger partial charge in [-0.15, -0.1) is 22.7 Å². The number of anilines is 3. The van der Waals surface area contributed by atoms with Gasteiger partial charge >= 0.3 is 0 Å². The molecule has 258 valence electrons. The van der Waals surface area contributed by atoms with Crippen molar-refractivity contribution >= 4 is 90.9 Å². The van der Waals surface area contributed by atoms with Gasteiger partial charge in [-0.25, -0.2) is 0 Å². The van der Waals surface area contributed by atoms with Gasteiger partial charge in [0.1, 0.15) is 0 Å². The number of rotatable bonds is 6. The fraction of sp³-hybridized carbons (Fsp3) is 0. The van der Waals surface area contributed by atoms with Crippen molar-refractivity contribution in [1.82, 2.24) is 0 Å². The van der Waals surface area contributed by atoms with Crippen molar-refractivity contribution in [3.63, 3.8) is 0 Å². The number of hydrogen-bond acceptors (Lipinski definition) is 3. The van der Waals surface area contributed by atoms with E-state index in [1.54, 1.807) is 0 Å². The molecule has 0 atom stereocenters. The Morgan fingerprint density at radius 3 is 1.62 bits per heavy atom. The third kappa shape index (κ3) is 5.60. The maximum atomic E-state index is 2.40. The molecule has 0 N–H and O–H groups in total. The van der Waals surface area contributed by atoms with Gasteiger partial charge in [-0.1, -0.05) is 133 Å². The summed E-state index contributed by atoms with van der Waals surface area (Å²) in [4.78, 5) is 2.40. The van der Waals surface area contributed by atoms with E-state index in [1.165, 1.54) is 84.5 Å². The van der Waals surface area contributed by atoms with Gasteiger partial charge in [-0.05, 0) is 111 Å². The second-order valence-corrected chi connectivity index (χ2v) is 16.3. The molecule has 9 aromatic carbocycles. The van der Waals surface area contributed by atoms with E-state index < -0.39 is 0 Å². The molecule has 0 fully saturated rings. The zero-order valence-electron chi connectivity index (χ0n) is 29.8. The lowest BCUT2D eigenvalue weighted by Crippen LogP contribution is -2.10. The van der Waals surface area contributed by atoms with Crippen molar-refractivity contribution in [3.05, 3.63) is 200 Å². The molecule has 0 saturated heterocycles. The molecule has 2 aromatic heterocycles. The summed E-state index contributed by atoms with van der Waals surface area (Å²) in [7, 11) is 0. The number of hydrogen-bond donors (Lipinski definition) is 0. The van der Waals surface area contributed by atoms with Crippen LogP contribution in [0, 0.1) is 0 Å². The molecule has 55 heavy (non-hydrogen) atoms. The Kier molecular flexibility index (Phi) is 7.61. The summed E-state index contributed by atoms with van der Waals surface area (Å²) in [5.41, 5.74) is 10.6. The van der Waals surface area contributed by atoms with Crippen LogP contribution in [-0.4, -0.2) is 0 Å². The average Bonchev–Trinajstić information content (AvgIpc) is 3.82. The molecule has 0 aliphatic rings. The highest BCUT2D eigenvalue weighted by atomic mass is 32.1. The molecule has 0 amide bonds. The maximum absolute atomic E-state index is 2.40. The molecular formula is C52H33NS2. The number of benzene rings is 9. The highest BCUT2D eigenvalue weighted by molar-refractivity contribution is 7.26. The van der Waals surface area contributed by atoms with Gasteiger partial charge in [0.05, 0.1) is 0 Å². The van der Waals surface area contributed by atoms with Crippen molar-refractivity contribution < 1.29 is 0 Å². The van der Waals surface area contributed by atoms with Gasteiger partial charge in [-0.3, -0.25) is 0 Å². The minimum absolute atomic E-state index is 1.11. The summed E-state index contributed by atoms with van der Waals surface area (Å²) in [6.07, 6.45) is 0. The SMILES string of the molecule is c1cc(-c2ccc3ccccc3c2)cc(N(c2ccc(-c3cccc4sc5ccccc5c34)cc2)c2cccc(-c3ccc4c(c3)sc3ccccc34)c2)c1. The third-order valence-corrected chi connectivity index (χ3v) is 13.1. The van der Waals surface area contributed by atoms with E-state index >= 15 is 0 Å². The lowest BCUT2D eigenvalue weighted by molar-refractivity contribution is 1.28. The zero-order valence-corrected chi connectivity index (χ0v) is 31.4. The average molecular weight is 736 g/mol. The van der Waals surface area contributed by atoms with Crippen LogP contribution in [0.2, 0.25) is 0 Å².